The van der Waals surface area contributed by atoms with Crippen LogP contribution in [0.2, 0.25) is 0 Å². The summed E-state index contributed by atoms with van der Waals surface area (Å²) in [7, 11) is 0. The highest BCUT2D eigenvalue weighted by molar-refractivity contribution is 9.10. The Bertz CT molecular complexity index is 534. The second-order valence-corrected chi connectivity index (χ2v) is 5.96. The van der Waals surface area contributed by atoms with Crippen LogP contribution in [0.25, 0.3) is 0 Å². The Morgan fingerprint density at radius 1 is 1.31 bits per heavy atom. The molecule has 0 saturated heterocycles. The van der Waals surface area contributed by atoms with E-state index in [0.717, 1.165) is 22.3 Å². The quantitative estimate of drug-likeness (QED) is 0.927. The summed E-state index contributed by atoms with van der Waals surface area (Å²) in [5.41, 5.74) is 7.03. The Labute approximate surface area is 106 Å². The van der Waals surface area contributed by atoms with Gasteiger partial charge >= 0.3 is 0 Å². The van der Waals surface area contributed by atoms with Gasteiger partial charge in [0.1, 0.15) is 5.01 Å². The van der Waals surface area contributed by atoms with Gasteiger partial charge in [0.15, 0.2) is 0 Å². The van der Waals surface area contributed by atoms with Crippen LogP contribution in [0.15, 0.2) is 28.7 Å². The van der Waals surface area contributed by atoms with Crippen LogP contribution in [0.3, 0.4) is 0 Å². The molecule has 5 heteroatoms. The minimum absolute atomic E-state index is 0.0824. The summed E-state index contributed by atoms with van der Waals surface area (Å²) in [5, 5.41) is 9.69. The predicted molar refractivity (Wildman–Crippen MR) is 68.5 cm³/mol. The molecule has 1 aliphatic carbocycles. The number of hydrogen-bond acceptors (Lipinski definition) is 4. The molecule has 16 heavy (non-hydrogen) atoms. The average molecular weight is 296 g/mol. The summed E-state index contributed by atoms with van der Waals surface area (Å²) in [4.78, 5) is 0. The molecule has 0 bridgehead atoms. The molecule has 1 aromatic heterocycles. The topological polar surface area (TPSA) is 51.8 Å². The van der Waals surface area contributed by atoms with Gasteiger partial charge in [0.05, 0.1) is 0 Å². The Balaban J connectivity index is 2.06. The summed E-state index contributed by atoms with van der Waals surface area (Å²) >= 11 is 5.00. The first-order valence-corrected chi connectivity index (χ1v) is 6.67. The van der Waals surface area contributed by atoms with Gasteiger partial charge in [-0.25, -0.2) is 0 Å². The first-order valence-electron chi connectivity index (χ1n) is 5.06. The molecule has 0 atom stereocenters. The smallest absolute Gasteiger partial charge is 0.203 e. The van der Waals surface area contributed by atoms with Crippen LogP contribution < -0.4 is 5.73 Å². The van der Waals surface area contributed by atoms with Gasteiger partial charge in [-0.05, 0) is 30.5 Å². The lowest BCUT2D eigenvalue weighted by atomic mass is 9.97. The van der Waals surface area contributed by atoms with Gasteiger partial charge in [-0.2, -0.15) is 0 Å². The van der Waals surface area contributed by atoms with Crippen molar-refractivity contribution in [3.63, 3.8) is 0 Å². The maximum Gasteiger partial charge on any atom is 0.203 e. The minimum atomic E-state index is 0.0824. The van der Waals surface area contributed by atoms with Crippen LogP contribution >= 0.6 is 27.3 Å². The summed E-state index contributed by atoms with van der Waals surface area (Å²) in [6.45, 7) is 0. The molecule has 0 radical (unpaired) electrons. The zero-order chi connectivity index (χ0) is 11.2. The second-order valence-electron chi connectivity index (χ2n) is 4.04. The van der Waals surface area contributed by atoms with Crippen molar-refractivity contribution < 1.29 is 0 Å². The van der Waals surface area contributed by atoms with Gasteiger partial charge in [0.2, 0.25) is 5.13 Å². The van der Waals surface area contributed by atoms with Crippen molar-refractivity contribution in [3.8, 4) is 0 Å². The zero-order valence-electron chi connectivity index (χ0n) is 8.48. The number of anilines is 1. The molecule has 0 amide bonds. The van der Waals surface area contributed by atoms with Crippen LogP contribution in [0.5, 0.6) is 0 Å². The number of rotatable bonds is 2. The van der Waals surface area contributed by atoms with Gasteiger partial charge in [0, 0.05) is 9.89 Å². The van der Waals surface area contributed by atoms with E-state index < -0.39 is 0 Å². The van der Waals surface area contributed by atoms with E-state index >= 15 is 0 Å². The van der Waals surface area contributed by atoms with Crippen LogP contribution in [-0.4, -0.2) is 10.2 Å². The third-order valence-corrected chi connectivity index (χ3v) is 4.43. The average Bonchev–Trinajstić information content (AvgIpc) is 2.97. The summed E-state index contributed by atoms with van der Waals surface area (Å²) in [6, 6.07) is 8.40. The van der Waals surface area contributed by atoms with Crippen LogP contribution in [-0.2, 0) is 5.41 Å². The van der Waals surface area contributed by atoms with Gasteiger partial charge in [-0.1, -0.05) is 39.4 Å². The van der Waals surface area contributed by atoms with Crippen molar-refractivity contribution in [2.45, 2.75) is 18.3 Å². The standard InChI is InChI=1S/C11H10BrN3S/c12-8-3-1-2-7(6-8)11(4-5-11)9-14-15-10(13)16-9/h1-3,6H,4-5H2,(H2,13,15). The van der Waals surface area contributed by atoms with E-state index in [4.69, 9.17) is 5.73 Å². The first-order chi connectivity index (χ1) is 7.71. The van der Waals surface area contributed by atoms with Crippen LogP contribution in [0, 0.1) is 0 Å². The maximum atomic E-state index is 5.65. The summed E-state index contributed by atoms with van der Waals surface area (Å²) in [6.07, 6.45) is 2.27. The largest absolute Gasteiger partial charge is 0.374 e. The fraction of sp³-hybridized carbons (Fsp3) is 0.273. The Morgan fingerprint density at radius 3 is 2.69 bits per heavy atom. The monoisotopic (exact) mass is 295 g/mol. The maximum absolute atomic E-state index is 5.65. The number of halogens is 1. The van der Waals surface area contributed by atoms with Gasteiger partial charge < -0.3 is 5.73 Å². The van der Waals surface area contributed by atoms with Gasteiger partial charge in [0.25, 0.3) is 0 Å². The fourth-order valence-corrected chi connectivity index (χ4v) is 3.24. The number of aromatic nitrogens is 2. The molecule has 2 N–H and O–H groups in total. The third kappa shape index (κ3) is 1.55. The second kappa shape index (κ2) is 3.53. The Kier molecular flexibility index (Phi) is 2.26. The van der Waals surface area contributed by atoms with E-state index in [9.17, 15) is 0 Å². The predicted octanol–water partition coefficient (Wildman–Crippen LogP) is 2.96. The van der Waals surface area contributed by atoms with Crippen molar-refractivity contribution >= 4 is 32.4 Å². The highest BCUT2D eigenvalue weighted by Crippen LogP contribution is 2.54. The molecule has 2 aromatic rings. The van der Waals surface area contributed by atoms with E-state index in [0.29, 0.717) is 5.13 Å². The highest BCUT2D eigenvalue weighted by Gasteiger charge is 2.48. The van der Waals surface area contributed by atoms with E-state index in [-0.39, 0.29) is 5.41 Å². The number of nitrogens with two attached hydrogens (primary N) is 1. The normalized spacial score (nSPS) is 17.3. The van der Waals surface area contributed by atoms with Crippen LogP contribution in [0.1, 0.15) is 23.4 Å². The van der Waals surface area contributed by atoms with Crippen molar-refractivity contribution in [1.82, 2.24) is 10.2 Å². The van der Waals surface area contributed by atoms with Crippen molar-refractivity contribution in [2.24, 2.45) is 0 Å². The van der Waals surface area contributed by atoms with E-state index in [1.165, 1.54) is 16.9 Å². The molecule has 0 unspecified atom stereocenters. The Morgan fingerprint density at radius 2 is 2.12 bits per heavy atom. The molecule has 1 heterocycles. The zero-order valence-corrected chi connectivity index (χ0v) is 10.9. The van der Waals surface area contributed by atoms with Crippen molar-refractivity contribution in [1.29, 1.82) is 0 Å². The summed E-state index contributed by atoms with van der Waals surface area (Å²) in [5.74, 6) is 0. The Hall–Kier alpha value is -0.940. The van der Waals surface area contributed by atoms with Crippen LogP contribution in [0.4, 0.5) is 5.13 Å². The SMILES string of the molecule is Nc1nnc(C2(c3cccc(Br)c3)CC2)s1. The minimum Gasteiger partial charge on any atom is -0.374 e. The molecule has 1 fully saturated rings. The molecule has 0 aliphatic heterocycles. The fourth-order valence-electron chi connectivity index (χ4n) is 1.97. The molecule has 82 valence electrons. The number of hydrogen-bond donors (Lipinski definition) is 1. The molecule has 3 rings (SSSR count). The van der Waals surface area contributed by atoms with Crippen molar-refractivity contribution in [3.05, 3.63) is 39.3 Å². The van der Waals surface area contributed by atoms with E-state index in [1.807, 2.05) is 6.07 Å². The lowest BCUT2D eigenvalue weighted by Gasteiger charge is -2.11. The molecule has 1 aliphatic rings. The molecular formula is C11H10BrN3S. The molecule has 1 saturated carbocycles. The number of nitrogens with zero attached hydrogens (tertiary/aromatic N) is 2. The lowest BCUT2D eigenvalue weighted by Crippen LogP contribution is -2.08. The van der Waals surface area contributed by atoms with E-state index in [1.54, 1.807) is 0 Å². The van der Waals surface area contributed by atoms with Crippen molar-refractivity contribution in [2.75, 3.05) is 5.73 Å². The molecular weight excluding hydrogens is 286 g/mol. The molecule has 1 aromatic carbocycles. The first kappa shape index (κ1) is 10.2. The summed E-state index contributed by atoms with van der Waals surface area (Å²) < 4.78 is 1.11. The van der Waals surface area contributed by atoms with E-state index in [2.05, 4.69) is 44.3 Å². The highest BCUT2D eigenvalue weighted by atomic mass is 79.9. The number of nitrogen functional groups attached to an aromatic ring is 1. The number of benzene rings is 1. The van der Waals surface area contributed by atoms with Gasteiger partial charge in [-0.3, -0.25) is 0 Å². The lowest BCUT2D eigenvalue weighted by molar-refractivity contribution is 0.807. The van der Waals surface area contributed by atoms with Gasteiger partial charge in [-0.15, -0.1) is 10.2 Å². The molecule has 0 spiro atoms. The third-order valence-electron chi connectivity index (χ3n) is 2.98. The molecule has 3 nitrogen and oxygen atoms in total.